The SMILES string of the molecule is O=C1CCc2cc(/C=C/C(=O)N3CC(O)C3)cnc2N1. The lowest BCUT2D eigenvalue weighted by atomic mass is 10.0. The molecular formula is C14H15N3O3. The number of aliphatic hydroxyl groups excluding tert-OH is 1. The lowest BCUT2D eigenvalue weighted by Gasteiger charge is -2.34. The number of aliphatic hydroxyl groups is 1. The van der Waals surface area contributed by atoms with E-state index >= 15 is 0 Å². The summed E-state index contributed by atoms with van der Waals surface area (Å²) in [6.07, 6.45) is 5.56. The molecule has 0 radical (unpaired) electrons. The third-order valence-corrected chi connectivity index (χ3v) is 3.46. The molecule has 0 saturated carbocycles. The topological polar surface area (TPSA) is 82.5 Å². The van der Waals surface area contributed by atoms with Gasteiger partial charge in [-0.05, 0) is 29.7 Å². The Hall–Kier alpha value is -2.21. The Kier molecular flexibility index (Phi) is 3.23. The first kappa shape index (κ1) is 12.8. The molecule has 6 nitrogen and oxygen atoms in total. The van der Waals surface area contributed by atoms with E-state index in [1.807, 2.05) is 6.07 Å². The Morgan fingerprint density at radius 2 is 2.25 bits per heavy atom. The molecule has 1 fully saturated rings. The molecule has 1 aromatic heterocycles. The van der Waals surface area contributed by atoms with Crippen LogP contribution in [0.25, 0.3) is 6.08 Å². The number of pyridine rings is 1. The van der Waals surface area contributed by atoms with E-state index in [-0.39, 0.29) is 17.9 Å². The van der Waals surface area contributed by atoms with E-state index in [1.165, 1.54) is 6.08 Å². The van der Waals surface area contributed by atoms with Crippen LogP contribution in [0.1, 0.15) is 17.5 Å². The molecule has 0 bridgehead atoms. The largest absolute Gasteiger partial charge is 0.389 e. The van der Waals surface area contributed by atoms with Gasteiger partial charge in [-0.25, -0.2) is 4.98 Å². The highest BCUT2D eigenvalue weighted by atomic mass is 16.3. The minimum atomic E-state index is -0.388. The number of rotatable bonds is 2. The van der Waals surface area contributed by atoms with Crippen molar-refractivity contribution >= 4 is 23.7 Å². The fraction of sp³-hybridized carbons (Fsp3) is 0.357. The van der Waals surface area contributed by atoms with Crippen LogP contribution in [0.15, 0.2) is 18.3 Å². The number of β-amino-alcohol motifs (C(OH)–C–C–N with tert-alkyl or cyclic N) is 1. The number of anilines is 1. The molecule has 2 aliphatic heterocycles. The fourth-order valence-electron chi connectivity index (χ4n) is 2.27. The second-order valence-corrected chi connectivity index (χ2v) is 5.05. The molecule has 1 aromatic rings. The number of hydrogen-bond donors (Lipinski definition) is 2. The van der Waals surface area contributed by atoms with Crippen molar-refractivity contribution in [1.29, 1.82) is 0 Å². The molecule has 2 N–H and O–H groups in total. The number of nitrogens with zero attached hydrogens (tertiary/aromatic N) is 2. The number of carbonyl (C=O) groups is 2. The number of aromatic nitrogens is 1. The summed E-state index contributed by atoms with van der Waals surface area (Å²) < 4.78 is 0. The van der Waals surface area contributed by atoms with Gasteiger partial charge < -0.3 is 15.3 Å². The molecular weight excluding hydrogens is 258 g/mol. The van der Waals surface area contributed by atoms with Gasteiger partial charge in [0.25, 0.3) is 0 Å². The van der Waals surface area contributed by atoms with Crippen molar-refractivity contribution in [3.63, 3.8) is 0 Å². The van der Waals surface area contributed by atoms with E-state index in [9.17, 15) is 9.59 Å². The molecule has 2 aliphatic rings. The Balaban J connectivity index is 1.69. The summed E-state index contributed by atoms with van der Waals surface area (Å²) in [4.78, 5) is 28.7. The van der Waals surface area contributed by atoms with Gasteiger partial charge in [0.05, 0.1) is 6.10 Å². The normalized spacial score (nSPS) is 18.6. The number of aryl methyl sites for hydroxylation is 1. The van der Waals surface area contributed by atoms with Gasteiger partial charge in [0.2, 0.25) is 11.8 Å². The molecule has 0 atom stereocenters. The summed E-state index contributed by atoms with van der Waals surface area (Å²) in [6, 6.07) is 1.93. The van der Waals surface area contributed by atoms with Gasteiger partial charge in [0.15, 0.2) is 0 Å². The Labute approximate surface area is 116 Å². The minimum Gasteiger partial charge on any atom is -0.389 e. The lowest BCUT2D eigenvalue weighted by molar-refractivity contribution is -0.135. The fourth-order valence-corrected chi connectivity index (χ4v) is 2.27. The zero-order valence-corrected chi connectivity index (χ0v) is 10.9. The van der Waals surface area contributed by atoms with Crippen molar-refractivity contribution in [2.24, 2.45) is 0 Å². The van der Waals surface area contributed by atoms with Gasteiger partial charge in [0, 0.05) is 31.8 Å². The Morgan fingerprint density at radius 3 is 3.00 bits per heavy atom. The smallest absolute Gasteiger partial charge is 0.246 e. The number of nitrogens with one attached hydrogen (secondary N) is 1. The highest BCUT2D eigenvalue weighted by molar-refractivity contribution is 5.94. The first-order valence-corrected chi connectivity index (χ1v) is 6.55. The quantitative estimate of drug-likeness (QED) is 0.753. The molecule has 2 amide bonds. The van der Waals surface area contributed by atoms with Gasteiger partial charge in [-0.3, -0.25) is 9.59 Å². The minimum absolute atomic E-state index is 0.0141. The van der Waals surface area contributed by atoms with Crippen molar-refractivity contribution in [1.82, 2.24) is 9.88 Å². The third kappa shape index (κ3) is 2.55. The van der Waals surface area contributed by atoms with Gasteiger partial charge >= 0.3 is 0 Å². The van der Waals surface area contributed by atoms with Crippen molar-refractivity contribution in [3.8, 4) is 0 Å². The molecule has 0 aromatic carbocycles. The summed E-state index contributed by atoms with van der Waals surface area (Å²) >= 11 is 0. The molecule has 0 unspecified atom stereocenters. The maximum atomic E-state index is 11.7. The van der Waals surface area contributed by atoms with Crippen molar-refractivity contribution in [2.45, 2.75) is 18.9 Å². The van der Waals surface area contributed by atoms with E-state index < -0.39 is 0 Å². The number of likely N-dealkylation sites (tertiary alicyclic amines) is 1. The van der Waals surface area contributed by atoms with Crippen LogP contribution in [0, 0.1) is 0 Å². The monoisotopic (exact) mass is 273 g/mol. The number of fused-ring (bicyclic) bond motifs is 1. The molecule has 0 spiro atoms. The Bertz CT molecular complexity index is 591. The third-order valence-electron chi connectivity index (χ3n) is 3.46. The molecule has 6 heteroatoms. The lowest BCUT2D eigenvalue weighted by Crippen LogP contribution is -2.52. The maximum Gasteiger partial charge on any atom is 0.246 e. The summed E-state index contributed by atoms with van der Waals surface area (Å²) in [5.41, 5.74) is 1.81. The van der Waals surface area contributed by atoms with Crippen molar-refractivity contribution in [2.75, 3.05) is 18.4 Å². The number of carbonyl (C=O) groups excluding carboxylic acids is 2. The highest BCUT2D eigenvalue weighted by Gasteiger charge is 2.27. The zero-order valence-electron chi connectivity index (χ0n) is 10.9. The van der Waals surface area contributed by atoms with Crippen molar-refractivity contribution < 1.29 is 14.7 Å². The van der Waals surface area contributed by atoms with Crippen LogP contribution in [-0.2, 0) is 16.0 Å². The summed E-state index contributed by atoms with van der Waals surface area (Å²) in [7, 11) is 0. The van der Waals surface area contributed by atoms with Gasteiger partial charge in [-0.2, -0.15) is 0 Å². The van der Waals surface area contributed by atoms with Crippen molar-refractivity contribution in [3.05, 3.63) is 29.5 Å². The average molecular weight is 273 g/mol. The molecule has 0 aliphatic carbocycles. The summed E-state index contributed by atoms with van der Waals surface area (Å²) in [6.45, 7) is 0.801. The van der Waals surface area contributed by atoms with E-state index in [2.05, 4.69) is 10.3 Å². The van der Waals surface area contributed by atoms with Crippen LogP contribution in [0.2, 0.25) is 0 Å². The first-order chi connectivity index (χ1) is 9.61. The van der Waals surface area contributed by atoms with Crippen LogP contribution in [0.4, 0.5) is 5.82 Å². The van der Waals surface area contributed by atoms with E-state index in [0.717, 1.165) is 11.1 Å². The van der Waals surface area contributed by atoms with E-state index in [4.69, 9.17) is 5.11 Å². The maximum absolute atomic E-state index is 11.7. The van der Waals surface area contributed by atoms with Gasteiger partial charge in [-0.15, -0.1) is 0 Å². The molecule has 3 rings (SSSR count). The van der Waals surface area contributed by atoms with E-state index in [0.29, 0.717) is 31.7 Å². The molecule has 3 heterocycles. The predicted molar refractivity (Wildman–Crippen MR) is 72.8 cm³/mol. The second kappa shape index (κ2) is 5.05. The summed E-state index contributed by atoms with van der Waals surface area (Å²) in [5.74, 6) is 0.483. The first-order valence-electron chi connectivity index (χ1n) is 6.55. The van der Waals surface area contributed by atoms with Gasteiger partial charge in [-0.1, -0.05) is 0 Å². The molecule has 104 valence electrons. The molecule has 1 saturated heterocycles. The highest BCUT2D eigenvalue weighted by Crippen LogP contribution is 2.21. The number of amides is 2. The molecule has 20 heavy (non-hydrogen) atoms. The Morgan fingerprint density at radius 1 is 1.45 bits per heavy atom. The average Bonchev–Trinajstić information content (AvgIpc) is 2.41. The van der Waals surface area contributed by atoms with Gasteiger partial charge in [0.1, 0.15) is 5.82 Å². The standard InChI is InChI=1S/C14H15N3O3/c18-11-7-17(8-11)13(20)4-1-9-5-10-2-3-12(19)16-14(10)15-6-9/h1,4-6,11,18H,2-3,7-8H2,(H,15,16,19)/b4-1+. The predicted octanol–water partition coefficient (Wildman–Crippen LogP) is 0.183. The van der Waals surface area contributed by atoms with Crippen LogP contribution < -0.4 is 5.32 Å². The van der Waals surface area contributed by atoms with E-state index in [1.54, 1.807) is 17.2 Å². The zero-order chi connectivity index (χ0) is 14.1. The van der Waals surface area contributed by atoms with Crippen LogP contribution in [0.3, 0.4) is 0 Å². The van der Waals surface area contributed by atoms with Crippen LogP contribution in [-0.4, -0.2) is 46.0 Å². The van der Waals surface area contributed by atoms with Crippen LogP contribution >= 0.6 is 0 Å². The second-order valence-electron chi connectivity index (χ2n) is 5.05. The summed E-state index contributed by atoms with van der Waals surface area (Å²) in [5, 5.41) is 11.9. The van der Waals surface area contributed by atoms with Crippen LogP contribution in [0.5, 0.6) is 0 Å². The number of hydrogen-bond acceptors (Lipinski definition) is 4.